The molecule has 8 nitrogen and oxygen atoms in total. The average molecular weight is 425 g/mol. The van der Waals surface area contributed by atoms with Crippen LogP contribution < -0.4 is 5.32 Å². The molecule has 1 aromatic rings. The Bertz CT molecular complexity index is 835. The molecule has 3 rings (SSSR count). The van der Waals surface area contributed by atoms with Gasteiger partial charge >= 0.3 is 5.97 Å². The number of carbonyl (C=O) groups excluding carboxylic acids is 2. The molecule has 1 saturated heterocycles. The van der Waals surface area contributed by atoms with E-state index in [1.165, 1.54) is 35.0 Å². The molecule has 0 aromatic heterocycles. The van der Waals surface area contributed by atoms with Gasteiger partial charge in [-0.3, -0.25) is 4.79 Å². The predicted octanol–water partition coefficient (Wildman–Crippen LogP) is 1.56. The number of hydrogen-bond donors (Lipinski definition) is 1. The zero-order valence-electron chi connectivity index (χ0n) is 16.6. The van der Waals surface area contributed by atoms with Crippen LogP contribution in [0.4, 0.5) is 0 Å². The van der Waals surface area contributed by atoms with E-state index in [-0.39, 0.29) is 42.1 Å². The third kappa shape index (κ3) is 5.55. The number of carbonyl (C=O) groups is 2. The van der Waals surface area contributed by atoms with Crippen molar-refractivity contribution in [1.82, 2.24) is 9.62 Å². The van der Waals surface area contributed by atoms with Crippen molar-refractivity contribution in [3.05, 3.63) is 29.8 Å². The molecule has 2 fully saturated rings. The minimum absolute atomic E-state index is 0.0225. The van der Waals surface area contributed by atoms with Gasteiger partial charge in [0.1, 0.15) is 0 Å². The highest BCUT2D eigenvalue weighted by molar-refractivity contribution is 7.89. The zero-order chi connectivity index (χ0) is 20.9. The maximum atomic E-state index is 12.7. The van der Waals surface area contributed by atoms with Crippen LogP contribution in [0, 0.1) is 5.92 Å². The Morgan fingerprint density at radius 3 is 2.66 bits per heavy atom. The molecule has 0 unspecified atom stereocenters. The first-order valence-corrected chi connectivity index (χ1v) is 11.5. The molecule has 29 heavy (non-hydrogen) atoms. The van der Waals surface area contributed by atoms with Gasteiger partial charge in [-0.1, -0.05) is 25.8 Å². The van der Waals surface area contributed by atoms with Crippen LogP contribution >= 0.6 is 0 Å². The molecule has 2 atom stereocenters. The van der Waals surface area contributed by atoms with Gasteiger partial charge in [0, 0.05) is 19.1 Å². The number of rotatable bonds is 6. The van der Waals surface area contributed by atoms with E-state index in [0.29, 0.717) is 19.1 Å². The molecule has 160 valence electrons. The van der Waals surface area contributed by atoms with Crippen LogP contribution in [0.15, 0.2) is 29.2 Å². The van der Waals surface area contributed by atoms with Crippen LogP contribution in [-0.4, -0.2) is 63.6 Å². The molecule has 1 heterocycles. The lowest BCUT2D eigenvalue weighted by Gasteiger charge is -2.29. The van der Waals surface area contributed by atoms with Crippen molar-refractivity contribution in [2.24, 2.45) is 5.92 Å². The van der Waals surface area contributed by atoms with Gasteiger partial charge in [-0.25, -0.2) is 13.2 Å². The number of sulfonamides is 1. The summed E-state index contributed by atoms with van der Waals surface area (Å²) in [6, 6.07) is 5.81. The lowest BCUT2D eigenvalue weighted by atomic mass is 9.86. The average Bonchev–Trinajstić information content (AvgIpc) is 2.74. The Morgan fingerprint density at radius 1 is 1.21 bits per heavy atom. The summed E-state index contributed by atoms with van der Waals surface area (Å²) >= 11 is 0. The van der Waals surface area contributed by atoms with E-state index in [1.807, 2.05) is 0 Å². The second-order valence-electron chi connectivity index (χ2n) is 7.56. The topological polar surface area (TPSA) is 102 Å². The quantitative estimate of drug-likeness (QED) is 0.696. The standard InChI is InChI=1S/C20H28N2O6S/c1-15-5-2-3-8-18(15)21-19(23)14-28-20(24)16-6-4-7-17(13-16)29(25,26)22-9-11-27-12-10-22/h4,6-7,13,15,18H,2-3,5,8-12,14H2,1H3,(H,21,23)/t15-,18+/m1/s1. The van der Waals surface area contributed by atoms with Gasteiger partial charge < -0.3 is 14.8 Å². The highest BCUT2D eigenvalue weighted by Crippen LogP contribution is 2.23. The Morgan fingerprint density at radius 2 is 1.93 bits per heavy atom. The third-order valence-corrected chi connectivity index (χ3v) is 7.36. The number of amides is 1. The maximum absolute atomic E-state index is 12.7. The number of nitrogens with one attached hydrogen (secondary N) is 1. The molecule has 1 aliphatic carbocycles. The zero-order valence-corrected chi connectivity index (χ0v) is 17.4. The van der Waals surface area contributed by atoms with E-state index in [2.05, 4.69) is 12.2 Å². The highest BCUT2D eigenvalue weighted by atomic mass is 32.2. The first-order valence-electron chi connectivity index (χ1n) is 10.0. The van der Waals surface area contributed by atoms with Crippen molar-refractivity contribution in [3.63, 3.8) is 0 Å². The molecule has 0 spiro atoms. The number of hydrogen-bond acceptors (Lipinski definition) is 6. The van der Waals surface area contributed by atoms with Crippen LogP contribution in [0.2, 0.25) is 0 Å². The normalized spacial score (nSPS) is 23.3. The Hall–Kier alpha value is -1.97. The monoisotopic (exact) mass is 424 g/mol. The Balaban J connectivity index is 1.58. The van der Waals surface area contributed by atoms with Gasteiger partial charge in [-0.05, 0) is 37.0 Å². The van der Waals surface area contributed by atoms with Crippen molar-refractivity contribution in [3.8, 4) is 0 Å². The van der Waals surface area contributed by atoms with Crippen LogP contribution in [0.3, 0.4) is 0 Å². The van der Waals surface area contributed by atoms with Gasteiger partial charge in [0.05, 0.1) is 23.7 Å². The first-order chi connectivity index (χ1) is 13.9. The van der Waals surface area contributed by atoms with Crippen molar-refractivity contribution >= 4 is 21.9 Å². The second-order valence-corrected chi connectivity index (χ2v) is 9.49. The van der Waals surface area contributed by atoms with Gasteiger partial charge in [0.2, 0.25) is 10.0 Å². The minimum atomic E-state index is -3.71. The third-order valence-electron chi connectivity index (χ3n) is 5.47. The summed E-state index contributed by atoms with van der Waals surface area (Å²) in [5.41, 5.74) is 0.0955. The minimum Gasteiger partial charge on any atom is -0.452 e. The van der Waals surface area contributed by atoms with Crippen molar-refractivity contribution in [1.29, 1.82) is 0 Å². The van der Waals surface area contributed by atoms with E-state index >= 15 is 0 Å². The number of esters is 1. The smallest absolute Gasteiger partial charge is 0.338 e. The lowest BCUT2D eigenvalue weighted by molar-refractivity contribution is -0.125. The number of morpholine rings is 1. The van der Waals surface area contributed by atoms with E-state index in [1.54, 1.807) is 0 Å². The molecule has 1 saturated carbocycles. The second kappa shape index (κ2) is 9.69. The summed E-state index contributed by atoms with van der Waals surface area (Å²) in [4.78, 5) is 24.5. The van der Waals surface area contributed by atoms with E-state index < -0.39 is 16.0 Å². The Kier molecular flexibility index (Phi) is 7.26. The molecule has 0 radical (unpaired) electrons. The highest BCUT2D eigenvalue weighted by Gasteiger charge is 2.27. The summed E-state index contributed by atoms with van der Waals surface area (Å²) < 4.78 is 37.1. The Labute approximate surface area is 171 Å². The molecular weight excluding hydrogens is 396 g/mol. The summed E-state index contributed by atoms with van der Waals surface area (Å²) in [5, 5.41) is 2.92. The molecule has 2 aliphatic rings. The van der Waals surface area contributed by atoms with Gasteiger partial charge in [-0.15, -0.1) is 0 Å². The van der Waals surface area contributed by atoms with Crippen molar-refractivity contribution in [2.75, 3.05) is 32.9 Å². The summed E-state index contributed by atoms with van der Waals surface area (Å²) in [5.74, 6) is -0.657. The fourth-order valence-electron chi connectivity index (χ4n) is 3.71. The molecule has 9 heteroatoms. The van der Waals surface area contributed by atoms with Crippen LogP contribution in [0.5, 0.6) is 0 Å². The summed E-state index contributed by atoms with van der Waals surface area (Å²) in [7, 11) is -3.71. The van der Waals surface area contributed by atoms with E-state index in [4.69, 9.17) is 9.47 Å². The molecule has 1 aliphatic heterocycles. The number of benzene rings is 1. The summed E-state index contributed by atoms with van der Waals surface area (Å²) in [6.07, 6.45) is 4.27. The van der Waals surface area contributed by atoms with Crippen molar-refractivity contribution in [2.45, 2.75) is 43.5 Å². The van der Waals surface area contributed by atoms with E-state index in [9.17, 15) is 18.0 Å². The van der Waals surface area contributed by atoms with Gasteiger partial charge in [0.15, 0.2) is 6.61 Å². The van der Waals surface area contributed by atoms with Gasteiger partial charge in [0.25, 0.3) is 5.91 Å². The SMILES string of the molecule is C[C@@H]1CCCC[C@@H]1NC(=O)COC(=O)c1cccc(S(=O)(=O)N2CCOCC2)c1. The first kappa shape index (κ1) is 21.7. The molecule has 1 N–H and O–H groups in total. The molecule has 1 aromatic carbocycles. The van der Waals surface area contributed by atoms with Gasteiger partial charge in [-0.2, -0.15) is 4.31 Å². The van der Waals surface area contributed by atoms with Crippen LogP contribution in [-0.2, 0) is 24.3 Å². The fourth-order valence-corrected chi connectivity index (χ4v) is 5.17. The van der Waals surface area contributed by atoms with Crippen molar-refractivity contribution < 1.29 is 27.5 Å². The molecule has 0 bridgehead atoms. The maximum Gasteiger partial charge on any atom is 0.338 e. The number of nitrogens with zero attached hydrogens (tertiary/aromatic N) is 1. The molecule has 1 amide bonds. The lowest BCUT2D eigenvalue weighted by Crippen LogP contribution is -2.42. The van der Waals surface area contributed by atoms with E-state index in [0.717, 1.165) is 19.3 Å². The molecular formula is C20H28N2O6S. The van der Waals surface area contributed by atoms with Crippen LogP contribution in [0.25, 0.3) is 0 Å². The largest absolute Gasteiger partial charge is 0.452 e. The predicted molar refractivity (Wildman–Crippen MR) is 106 cm³/mol. The van der Waals surface area contributed by atoms with Crippen LogP contribution in [0.1, 0.15) is 43.0 Å². The number of ether oxygens (including phenoxy) is 2. The fraction of sp³-hybridized carbons (Fsp3) is 0.600. The summed E-state index contributed by atoms with van der Waals surface area (Å²) in [6.45, 7) is 2.96.